The molecule has 0 unspecified atom stereocenters. The second-order valence-corrected chi connectivity index (χ2v) is 8.02. The smallest absolute Gasteiger partial charge is 0.416 e. The van der Waals surface area contributed by atoms with E-state index in [-0.39, 0.29) is 19.0 Å². The van der Waals surface area contributed by atoms with Crippen LogP contribution >= 0.6 is 0 Å². The van der Waals surface area contributed by atoms with Gasteiger partial charge in [0.1, 0.15) is 6.10 Å². The number of aromatic nitrogens is 1. The molecule has 3 rings (SSSR count). The predicted molar refractivity (Wildman–Crippen MR) is 89.2 cm³/mol. The number of hydrogen-bond donors (Lipinski definition) is 0. The van der Waals surface area contributed by atoms with Crippen LogP contribution < -0.4 is 4.74 Å². The minimum absolute atomic E-state index is 0.0696. The van der Waals surface area contributed by atoms with Crippen LogP contribution in [0.5, 0.6) is 5.88 Å². The third kappa shape index (κ3) is 4.31. The zero-order chi connectivity index (χ0) is 21.4. The number of ether oxygens (including phenoxy) is 1. The van der Waals surface area contributed by atoms with E-state index < -0.39 is 49.8 Å². The van der Waals surface area contributed by atoms with Crippen LogP contribution in [0.1, 0.15) is 15.9 Å². The molecule has 6 nitrogen and oxygen atoms in total. The summed E-state index contributed by atoms with van der Waals surface area (Å²) < 4.78 is 92.6. The minimum atomic E-state index is -4.98. The molecule has 2 heterocycles. The number of carbonyl (C=O) groups is 1. The summed E-state index contributed by atoms with van der Waals surface area (Å²) in [6.07, 6.45) is -4.30. The first-order valence-corrected chi connectivity index (χ1v) is 9.65. The SMILES string of the molecule is O=C(c1ccccc1S(=O)(=O)C(F)F)N1CC(Oc2cc(C(F)(F)F)ccn2)C1. The molecule has 12 heteroatoms. The van der Waals surface area contributed by atoms with Crippen LogP contribution in [-0.2, 0) is 16.0 Å². The van der Waals surface area contributed by atoms with E-state index in [1.807, 2.05) is 0 Å². The van der Waals surface area contributed by atoms with Crippen LogP contribution in [0, 0.1) is 0 Å². The standard InChI is InChI=1S/C17H13F5N2O4S/c18-16(19)29(26,27)13-4-2-1-3-12(13)15(25)24-8-11(9-24)28-14-7-10(5-6-23-14)17(20,21)22/h1-7,11,16H,8-9H2. The van der Waals surface area contributed by atoms with E-state index in [1.54, 1.807) is 0 Å². The van der Waals surface area contributed by atoms with Gasteiger partial charge >= 0.3 is 11.9 Å². The number of nitrogens with zero attached hydrogens (tertiary/aromatic N) is 2. The molecule has 1 fully saturated rings. The zero-order valence-corrected chi connectivity index (χ0v) is 15.3. The Morgan fingerprint density at radius 2 is 1.83 bits per heavy atom. The van der Waals surface area contributed by atoms with Gasteiger partial charge in [-0.25, -0.2) is 13.4 Å². The van der Waals surface area contributed by atoms with Crippen molar-refractivity contribution in [2.24, 2.45) is 0 Å². The summed E-state index contributed by atoms with van der Waals surface area (Å²) in [5.74, 6) is -4.77. The maximum Gasteiger partial charge on any atom is 0.416 e. The van der Waals surface area contributed by atoms with Crippen LogP contribution in [0.25, 0.3) is 0 Å². The number of carbonyl (C=O) groups excluding carboxylic acids is 1. The molecule has 0 N–H and O–H groups in total. The molecular formula is C17H13F5N2O4S. The van der Waals surface area contributed by atoms with Gasteiger partial charge in [-0.1, -0.05) is 12.1 Å². The first kappa shape index (κ1) is 21.0. The Kier molecular flexibility index (Phi) is 5.48. The fourth-order valence-corrected chi connectivity index (χ4v) is 3.58. The molecule has 2 aromatic rings. The highest BCUT2D eigenvalue weighted by Crippen LogP contribution is 2.31. The summed E-state index contributed by atoms with van der Waals surface area (Å²) in [7, 11) is -4.98. The fourth-order valence-electron chi connectivity index (χ4n) is 2.66. The van der Waals surface area contributed by atoms with Gasteiger partial charge in [0, 0.05) is 12.3 Å². The molecule has 29 heavy (non-hydrogen) atoms. The Hall–Kier alpha value is -2.76. The van der Waals surface area contributed by atoms with Crippen molar-refractivity contribution < 1.29 is 39.9 Å². The number of halogens is 5. The van der Waals surface area contributed by atoms with Crippen molar-refractivity contribution in [1.29, 1.82) is 0 Å². The molecule has 1 aromatic carbocycles. The van der Waals surface area contributed by atoms with E-state index in [4.69, 9.17) is 4.74 Å². The fraction of sp³-hybridized carbons (Fsp3) is 0.294. The van der Waals surface area contributed by atoms with Crippen LogP contribution in [-0.4, -0.2) is 49.2 Å². The number of likely N-dealkylation sites (tertiary alicyclic amines) is 1. The van der Waals surface area contributed by atoms with Crippen molar-refractivity contribution in [1.82, 2.24) is 9.88 Å². The maximum absolute atomic E-state index is 12.8. The van der Waals surface area contributed by atoms with E-state index >= 15 is 0 Å². The highest BCUT2D eigenvalue weighted by atomic mass is 32.2. The van der Waals surface area contributed by atoms with Gasteiger partial charge in [0.25, 0.3) is 5.91 Å². The Morgan fingerprint density at radius 3 is 2.45 bits per heavy atom. The summed E-state index contributed by atoms with van der Waals surface area (Å²) in [4.78, 5) is 16.5. The van der Waals surface area contributed by atoms with Crippen molar-refractivity contribution >= 4 is 15.7 Å². The van der Waals surface area contributed by atoms with E-state index in [2.05, 4.69) is 4.98 Å². The van der Waals surface area contributed by atoms with Gasteiger partial charge in [-0.05, 0) is 18.2 Å². The molecule has 156 valence electrons. The monoisotopic (exact) mass is 436 g/mol. The predicted octanol–water partition coefficient (Wildman–Crippen LogP) is 3.00. The van der Waals surface area contributed by atoms with Crippen molar-refractivity contribution in [3.8, 4) is 5.88 Å². The molecule has 1 amide bonds. The minimum Gasteiger partial charge on any atom is -0.471 e. The van der Waals surface area contributed by atoms with Crippen molar-refractivity contribution in [2.45, 2.75) is 22.9 Å². The lowest BCUT2D eigenvalue weighted by Gasteiger charge is -2.38. The van der Waals surface area contributed by atoms with E-state index in [0.29, 0.717) is 0 Å². The Morgan fingerprint density at radius 1 is 1.17 bits per heavy atom. The van der Waals surface area contributed by atoms with Crippen molar-refractivity contribution in [3.05, 3.63) is 53.7 Å². The highest BCUT2D eigenvalue weighted by Gasteiger charge is 2.38. The van der Waals surface area contributed by atoms with E-state index in [0.717, 1.165) is 35.4 Å². The Bertz CT molecular complexity index is 1020. The number of rotatable bonds is 5. The summed E-state index contributed by atoms with van der Waals surface area (Å²) in [6, 6.07) is 6.07. The summed E-state index contributed by atoms with van der Waals surface area (Å²) >= 11 is 0. The average molecular weight is 436 g/mol. The Balaban J connectivity index is 1.69. The van der Waals surface area contributed by atoms with Gasteiger partial charge in [0.2, 0.25) is 15.7 Å². The number of pyridine rings is 1. The lowest BCUT2D eigenvalue weighted by atomic mass is 10.1. The Labute approximate surface area is 161 Å². The second kappa shape index (κ2) is 7.58. The van der Waals surface area contributed by atoms with Gasteiger partial charge < -0.3 is 9.64 Å². The number of hydrogen-bond acceptors (Lipinski definition) is 5. The van der Waals surface area contributed by atoms with Gasteiger partial charge in [-0.2, -0.15) is 22.0 Å². The van der Waals surface area contributed by atoms with E-state index in [1.165, 1.54) is 12.1 Å². The molecular weight excluding hydrogens is 423 g/mol. The zero-order valence-electron chi connectivity index (χ0n) is 14.4. The lowest BCUT2D eigenvalue weighted by Crippen LogP contribution is -2.56. The van der Waals surface area contributed by atoms with Gasteiger partial charge in [0.05, 0.1) is 29.1 Å². The largest absolute Gasteiger partial charge is 0.471 e. The van der Waals surface area contributed by atoms with Crippen LogP contribution in [0.3, 0.4) is 0 Å². The summed E-state index contributed by atoms with van der Waals surface area (Å²) in [5.41, 5.74) is -1.36. The van der Waals surface area contributed by atoms with Gasteiger partial charge in [-0.3, -0.25) is 4.79 Å². The third-order valence-corrected chi connectivity index (χ3v) is 5.58. The molecule has 1 aromatic heterocycles. The molecule has 0 spiro atoms. The van der Waals surface area contributed by atoms with Gasteiger partial charge in [0.15, 0.2) is 0 Å². The second-order valence-electron chi connectivity index (χ2n) is 6.13. The lowest BCUT2D eigenvalue weighted by molar-refractivity contribution is -0.137. The topological polar surface area (TPSA) is 76.6 Å². The quantitative estimate of drug-likeness (QED) is 0.674. The van der Waals surface area contributed by atoms with E-state index in [9.17, 15) is 35.2 Å². The maximum atomic E-state index is 12.8. The number of alkyl halides is 5. The number of amides is 1. The first-order valence-electron chi connectivity index (χ1n) is 8.10. The molecule has 0 bridgehead atoms. The van der Waals surface area contributed by atoms with Crippen LogP contribution in [0.2, 0.25) is 0 Å². The molecule has 0 atom stereocenters. The molecule has 1 aliphatic heterocycles. The van der Waals surface area contributed by atoms with Crippen molar-refractivity contribution in [3.63, 3.8) is 0 Å². The number of benzene rings is 1. The summed E-state index contributed by atoms with van der Waals surface area (Å²) in [6.45, 7) is -0.139. The van der Waals surface area contributed by atoms with Crippen LogP contribution in [0.15, 0.2) is 47.5 Å². The molecule has 1 saturated heterocycles. The molecule has 0 radical (unpaired) electrons. The number of sulfone groups is 1. The highest BCUT2D eigenvalue weighted by molar-refractivity contribution is 7.91. The third-order valence-electron chi connectivity index (χ3n) is 4.14. The average Bonchev–Trinajstić information content (AvgIpc) is 2.63. The molecule has 1 aliphatic rings. The molecule has 0 saturated carbocycles. The van der Waals surface area contributed by atoms with Crippen molar-refractivity contribution in [2.75, 3.05) is 13.1 Å². The normalized spacial score (nSPS) is 15.3. The van der Waals surface area contributed by atoms with Crippen LogP contribution in [0.4, 0.5) is 22.0 Å². The van der Waals surface area contributed by atoms with Gasteiger partial charge in [-0.15, -0.1) is 0 Å². The summed E-state index contributed by atoms with van der Waals surface area (Å²) in [5, 5.41) is 0. The first-order chi connectivity index (χ1) is 13.5. The molecule has 0 aliphatic carbocycles.